The lowest BCUT2D eigenvalue weighted by Gasteiger charge is -2.17. The van der Waals surface area contributed by atoms with Crippen molar-refractivity contribution in [2.45, 2.75) is 6.04 Å². The van der Waals surface area contributed by atoms with Gasteiger partial charge in [-0.1, -0.05) is 23.7 Å². The molecule has 6 heteroatoms. The van der Waals surface area contributed by atoms with Crippen molar-refractivity contribution in [3.8, 4) is 0 Å². The van der Waals surface area contributed by atoms with Gasteiger partial charge in [0.05, 0.1) is 11.1 Å². The van der Waals surface area contributed by atoms with Crippen LogP contribution in [0.15, 0.2) is 47.0 Å². The quantitative estimate of drug-likeness (QED) is 0.919. The maximum atomic E-state index is 13.5. The van der Waals surface area contributed by atoms with E-state index in [0.29, 0.717) is 11.4 Å². The van der Waals surface area contributed by atoms with Gasteiger partial charge in [0, 0.05) is 23.3 Å². The van der Waals surface area contributed by atoms with E-state index >= 15 is 0 Å². The van der Waals surface area contributed by atoms with Crippen LogP contribution >= 0.6 is 22.9 Å². The molecule has 2 heterocycles. The Bertz CT molecular complexity index is 652. The van der Waals surface area contributed by atoms with Gasteiger partial charge in [-0.2, -0.15) is 0 Å². The lowest BCUT2D eigenvalue weighted by atomic mass is 10.1. The number of benzene rings is 1. The van der Waals surface area contributed by atoms with Gasteiger partial charge >= 0.3 is 0 Å². The lowest BCUT2D eigenvalue weighted by Crippen LogP contribution is -2.23. The summed E-state index contributed by atoms with van der Waals surface area (Å²) in [5.41, 5.74) is 0.647. The number of nitrogens with zero attached hydrogens (tertiary/aromatic N) is 2. The summed E-state index contributed by atoms with van der Waals surface area (Å²) in [4.78, 5) is 8.70. The predicted octanol–water partition coefficient (Wildman–Crippen LogP) is 3.54. The maximum absolute atomic E-state index is 13.5. The fourth-order valence-corrected chi connectivity index (χ4v) is 2.65. The van der Waals surface area contributed by atoms with Crippen LogP contribution in [-0.2, 0) is 0 Å². The molecule has 3 nitrogen and oxygen atoms in total. The standard InChI is InChI=1S/C13H9ClFN3S/c14-11-8(2-1-3-9(11)15)10-4-5-16-12(18-10)13-17-6-7-19-13/h1-7,10H,(H,16,18). The third-order valence-corrected chi connectivity index (χ3v) is 3.88. The summed E-state index contributed by atoms with van der Waals surface area (Å²) in [5.74, 6) is 0.236. The van der Waals surface area contributed by atoms with E-state index in [9.17, 15) is 4.39 Å². The summed E-state index contributed by atoms with van der Waals surface area (Å²) in [6.45, 7) is 0. The smallest absolute Gasteiger partial charge is 0.162 e. The molecule has 0 saturated carbocycles. The molecule has 2 aromatic rings. The number of aliphatic imine (C=N–C) groups is 1. The van der Waals surface area contributed by atoms with Gasteiger partial charge in [0.2, 0.25) is 0 Å². The van der Waals surface area contributed by atoms with Crippen molar-refractivity contribution in [3.05, 3.63) is 63.5 Å². The highest BCUT2D eigenvalue weighted by Gasteiger charge is 2.18. The second kappa shape index (κ2) is 5.11. The van der Waals surface area contributed by atoms with Crippen molar-refractivity contribution in [1.29, 1.82) is 0 Å². The Morgan fingerprint density at radius 2 is 2.26 bits per heavy atom. The molecule has 0 radical (unpaired) electrons. The first-order valence-electron chi connectivity index (χ1n) is 5.60. The number of halogens is 2. The molecule has 0 fully saturated rings. The molecule has 0 bridgehead atoms. The van der Waals surface area contributed by atoms with Gasteiger partial charge in [-0.3, -0.25) is 4.99 Å². The van der Waals surface area contributed by atoms with E-state index in [1.807, 2.05) is 11.5 Å². The van der Waals surface area contributed by atoms with Gasteiger partial charge in [0.25, 0.3) is 0 Å². The Balaban J connectivity index is 1.99. The SMILES string of the molecule is Fc1cccc(C2C=CNC(c3nccs3)=N2)c1Cl. The molecule has 1 N–H and O–H groups in total. The molecular weight excluding hydrogens is 285 g/mol. The van der Waals surface area contributed by atoms with Crippen LogP contribution in [0, 0.1) is 5.82 Å². The molecule has 1 aromatic heterocycles. The van der Waals surface area contributed by atoms with Crippen molar-refractivity contribution in [3.63, 3.8) is 0 Å². The van der Waals surface area contributed by atoms with Gasteiger partial charge in [0.15, 0.2) is 10.8 Å². The summed E-state index contributed by atoms with van der Waals surface area (Å²) in [7, 11) is 0. The highest BCUT2D eigenvalue weighted by Crippen LogP contribution is 2.30. The van der Waals surface area contributed by atoms with Crippen molar-refractivity contribution < 1.29 is 4.39 Å². The summed E-state index contributed by atoms with van der Waals surface area (Å²) >= 11 is 7.48. The van der Waals surface area contributed by atoms with Crippen LogP contribution in [0.4, 0.5) is 4.39 Å². The molecule has 0 aliphatic carbocycles. The van der Waals surface area contributed by atoms with E-state index in [0.717, 1.165) is 5.01 Å². The first kappa shape index (κ1) is 12.3. The van der Waals surface area contributed by atoms with E-state index in [4.69, 9.17) is 11.6 Å². The van der Waals surface area contributed by atoms with Crippen LogP contribution in [0.2, 0.25) is 5.02 Å². The highest BCUT2D eigenvalue weighted by atomic mass is 35.5. The Morgan fingerprint density at radius 1 is 1.37 bits per heavy atom. The van der Waals surface area contributed by atoms with Crippen LogP contribution in [0.1, 0.15) is 16.6 Å². The Labute approximate surface area is 118 Å². The predicted molar refractivity (Wildman–Crippen MR) is 75.1 cm³/mol. The molecule has 96 valence electrons. The number of aromatic nitrogens is 1. The zero-order valence-corrected chi connectivity index (χ0v) is 11.2. The van der Waals surface area contributed by atoms with E-state index in [2.05, 4.69) is 15.3 Å². The van der Waals surface area contributed by atoms with Gasteiger partial charge < -0.3 is 5.32 Å². The minimum atomic E-state index is -0.433. The first-order valence-corrected chi connectivity index (χ1v) is 6.86. The number of hydrogen-bond acceptors (Lipinski definition) is 4. The van der Waals surface area contributed by atoms with E-state index in [1.165, 1.54) is 17.4 Å². The number of thiazole rings is 1. The zero-order chi connectivity index (χ0) is 13.2. The second-order valence-electron chi connectivity index (χ2n) is 3.91. The fourth-order valence-electron chi connectivity index (χ4n) is 1.82. The topological polar surface area (TPSA) is 37.3 Å². The first-order chi connectivity index (χ1) is 9.25. The monoisotopic (exact) mass is 293 g/mol. The molecule has 1 aliphatic heterocycles. The molecule has 19 heavy (non-hydrogen) atoms. The minimum Gasteiger partial charge on any atom is -0.345 e. The number of amidine groups is 1. The number of nitrogens with one attached hydrogen (secondary N) is 1. The third-order valence-electron chi connectivity index (χ3n) is 2.70. The van der Waals surface area contributed by atoms with Crippen molar-refractivity contribution >= 4 is 28.8 Å². The molecule has 1 aromatic carbocycles. The summed E-state index contributed by atoms with van der Waals surface area (Å²) < 4.78 is 13.5. The molecule has 0 saturated heterocycles. The maximum Gasteiger partial charge on any atom is 0.162 e. The summed E-state index contributed by atoms with van der Waals surface area (Å²) in [6.07, 6.45) is 5.32. The molecule has 0 spiro atoms. The largest absolute Gasteiger partial charge is 0.345 e. The average Bonchev–Trinajstić information content (AvgIpc) is 2.96. The number of hydrogen-bond donors (Lipinski definition) is 1. The van der Waals surface area contributed by atoms with Crippen LogP contribution in [0.5, 0.6) is 0 Å². The molecule has 0 amide bonds. The summed E-state index contributed by atoms with van der Waals surface area (Å²) in [6, 6.07) is 4.44. The molecule has 1 unspecified atom stereocenters. The van der Waals surface area contributed by atoms with Crippen molar-refractivity contribution in [1.82, 2.24) is 10.3 Å². The number of rotatable bonds is 2. The Hall–Kier alpha value is -1.72. The highest BCUT2D eigenvalue weighted by molar-refractivity contribution is 7.11. The molecular formula is C13H9ClFN3S. The minimum absolute atomic E-state index is 0.112. The van der Waals surface area contributed by atoms with Crippen LogP contribution in [0.3, 0.4) is 0 Å². The average molecular weight is 294 g/mol. The van der Waals surface area contributed by atoms with Crippen molar-refractivity contribution in [2.24, 2.45) is 4.99 Å². The van der Waals surface area contributed by atoms with Crippen LogP contribution in [0.25, 0.3) is 0 Å². The zero-order valence-electron chi connectivity index (χ0n) is 9.68. The van der Waals surface area contributed by atoms with E-state index in [1.54, 1.807) is 24.5 Å². The van der Waals surface area contributed by atoms with Gasteiger partial charge in [0.1, 0.15) is 5.82 Å². The fraction of sp³-hybridized carbons (Fsp3) is 0.0769. The van der Waals surface area contributed by atoms with E-state index < -0.39 is 5.82 Å². The lowest BCUT2D eigenvalue weighted by molar-refractivity contribution is 0.624. The Kier molecular flexibility index (Phi) is 3.31. The van der Waals surface area contributed by atoms with Crippen LogP contribution in [-0.4, -0.2) is 10.8 Å². The van der Waals surface area contributed by atoms with Crippen molar-refractivity contribution in [2.75, 3.05) is 0 Å². The summed E-state index contributed by atoms with van der Waals surface area (Å²) in [5, 5.41) is 5.82. The third kappa shape index (κ3) is 2.39. The molecule has 1 atom stereocenters. The normalized spacial score (nSPS) is 18.0. The Morgan fingerprint density at radius 3 is 3.05 bits per heavy atom. The molecule has 3 rings (SSSR count). The van der Waals surface area contributed by atoms with Gasteiger partial charge in [-0.25, -0.2) is 9.37 Å². The molecule has 1 aliphatic rings. The second-order valence-corrected chi connectivity index (χ2v) is 5.18. The van der Waals surface area contributed by atoms with Gasteiger partial charge in [-0.05, 0) is 12.1 Å². The van der Waals surface area contributed by atoms with Crippen LogP contribution < -0.4 is 5.32 Å². The van der Waals surface area contributed by atoms with Gasteiger partial charge in [-0.15, -0.1) is 11.3 Å². The van der Waals surface area contributed by atoms with E-state index in [-0.39, 0.29) is 11.1 Å².